The molecule has 2 saturated heterocycles. The van der Waals surface area contributed by atoms with Crippen molar-refractivity contribution < 1.29 is 60.6 Å². The molecule has 53 heavy (non-hydrogen) atoms. The van der Waals surface area contributed by atoms with E-state index < -0.39 is 99.2 Å². The maximum atomic E-state index is 14.3. The second-order valence-corrected chi connectivity index (χ2v) is 16.9. The first-order valence-corrected chi connectivity index (χ1v) is 20.0. The minimum atomic E-state index is -4.24. The summed E-state index contributed by atoms with van der Waals surface area (Å²) in [6, 6.07) is 8.13. The molecule has 15 heteroatoms. The molecule has 300 valence electrons. The van der Waals surface area contributed by atoms with Crippen LogP contribution in [0.1, 0.15) is 85.0 Å². The lowest BCUT2D eigenvalue weighted by Crippen LogP contribution is -2.59. The first-order chi connectivity index (χ1) is 24.5. The number of Topliss-reactive ketones (excluding diaryl/α,β-unsaturated/α-hetero) is 2. The topological polar surface area (TPSA) is 181 Å². The summed E-state index contributed by atoms with van der Waals surface area (Å²) in [4.78, 5) is 57.4. The number of ether oxygens (including phenoxy) is 5. The Kier molecular flexibility index (Phi) is 15.0. The molecule has 0 unspecified atom stereocenters. The lowest BCUT2D eigenvalue weighted by Gasteiger charge is -2.46. The van der Waals surface area contributed by atoms with Crippen molar-refractivity contribution in [2.24, 2.45) is 23.7 Å². The van der Waals surface area contributed by atoms with Crippen molar-refractivity contribution in [1.29, 1.82) is 0 Å². The van der Waals surface area contributed by atoms with E-state index >= 15 is 0 Å². The Morgan fingerprint density at radius 2 is 1.60 bits per heavy atom. The predicted octanol–water partition coefficient (Wildman–Crippen LogP) is 3.57. The summed E-state index contributed by atoms with van der Waals surface area (Å²) in [5.41, 5.74) is -3.21. The average molecular weight is 770 g/mol. The van der Waals surface area contributed by atoms with Crippen LogP contribution < -0.4 is 0 Å². The summed E-state index contributed by atoms with van der Waals surface area (Å²) in [6.07, 6.45) is -5.38. The van der Waals surface area contributed by atoms with Crippen molar-refractivity contribution >= 4 is 33.6 Å². The molecule has 0 spiro atoms. The van der Waals surface area contributed by atoms with Gasteiger partial charge in [-0.1, -0.05) is 45.9 Å². The molecule has 0 bridgehead atoms. The third-order valence-electron chi connectivity index (χ3n) is 11.1. The van der Waals surface area contributed by atoms with Gasteiger partial charge < -0.3 is 33.7 Å². The molecule has 3 rings (SSSR count). The number of cyclic esters (lactones) is 1. The third-order valence-corrected chi connectivity index (χ3v) is 11.6. The van der Waals surface area contributed by atoms with E-state index in [4.69, 9.17) is 27.9 Å². The van der Waals surface area contributed by atoms with Crippen molar-refractivity contribution in [3.63, 3.8) is 0 Å². The zero-order chi connectivity index (χ0) is 40.2. The summed E-state index contributed by atoms with van der Waals surface area (Å²) >= 11 is 0. The van der Waals surface area contributed by atoms with Gasteiger partial charge >= 0.3 is 11.9 Å². The quantitative estimate of drug-likeness (QED) is 0.219. The molecule has 0 aromatic heterocycles. The van der Waals surface area contributed by atoms with Gasteiger partial charge in [0.15, 0.2) is 18.2 Å². The Bertz CT molecular complexity index is 1550. The van der Waals surface area contributed by atoms with Gasteiger partial charge in [-0.3, -0.25) is 18.6 Å². The number of carbonyl (C=O) groups excluding carboxylic acids is 4. The van der Waals surface area contributed by atoms with Crippen molar-refractivity contribution in [3.05, 3.63) is 35.9 Å². The van der Waals surface area contributed by atoms with E-state index in [1.54, 1.807) is 58.0 Å². The number of methoxy groups -OCH3 is 1. The van der Waals surface area contributed by atoms with E-state index in [0.717, 1.165) is 6.26 Å². The number of nitrogens with zero attached hydrogens (tertiary/aromatic N) is 1. The second-order valence-electron chi connectivity index (χ2n) is 15.3. The van der Waals surface area contributed by atoms with Crippen molar-refractivity contribution in [1.82, 2.24) is 4.90 Å². The Balaban J connectivity index is 2.16. The standard InChI is InChI=1S/C38H59NO13S/c1-13-29-38(8,44)33(52-53(12,45)46)23(4)31(41)25(6)37(7,47-11)20-28(22(3)30(40)24(5)34(42)50-29)49-36-32(27(39(9)10)19-21(2)48-36)51-35(43)26-17-15-14-16-18-26/h14-18,21-25,27-29,32-33,36,44H,13,19-20H2,1-12H3/t21-,22-,23+,24-,25+,27+,28+,29-,32-,33-,36+,37-,38-/m1/s1. The fraction of sp³-hybridized carbons (Fsp3) is 0.737. The maximum absolute atomic E-state index is 14.3. The molecule has 14 nitrogen and oxygen atoms in total. The van der Waals surface area contributed by atoms with E-state index in [1.165, 1.54) is 27.9 Å². The molecule has 0 saturated carbocycles. The van der Waals surface area contributed by atoms with Gasteiger partial charge in [0, 0.05) is 31.3 Å². The van der Waals surface area contributed by atoms with Crippen LogP contribution >= 0.6 is 0 Å². The van der Waals surface area contributed by atoms with Crippen LogP contribution in [0.2, 0.25) is 0 Å². The number of aliphatic hydroxyl groups is 1. The Hall–Kier alpha value is -2.79. The largest absolute Gasteiger partial charge is 0.459 e. The number of carbonyl (C=O) groups is 4. The first kappa shape index (κ1) is 44.6. The number of hydrogen-bond donors (Lipinski definition) is 1. The van der Waals surface area contributed by atoms with Crippen LogP contribution in [-0.4, -0.2) is 123 Å². The zero-order valence-corrected chi connectivity index (χ0v) is 33.9. The fourth-order valence-electron chi connectivity index (χ4n) is 7.34. The Morgan fingerprint density at radius 3 is 2.13 bits per heavy atom. The Labute approximate surface area is 314 Å². The first-order valence-electron chi connectivity index (χ1n) is 18.2. The van der Waals surface area contributed by atoms with Crippen LogP contribution in [0, 0.1) is 23.7 Å². The molecule has 2 aliphatic rings. The van der Waals surface area contributed by atoms with Gasteiger partial charge in [0.2, 0.25) is 0 Å². The molecule has 0 amide bonds. The monoisotopic (exact) mass is 769 g/mol. The normalized spacial score (nSPS) is 38.2. The molecule has 0 radical (unpaired) electrons. The lowest BCUT2D eigenvalue weighted by atomic mass is 9.73. The number of benzene rings is 1. The second kappa shape index (κ2) is 17.8. The fourth-order valence-corrected chi connectivity index (χ4v) is 8.08. The van der Waals surface area contributed by atoms with E-state index in [2.05, 4.69) is 0 Å². The minimum absolute atomic E-state index is 0.00411. The molecule has 2 heterocycles. The molecule has 13 atom stereocenters. The highest BCUT2D eigenvalue weighted by molar-refractivity contribution is 7.86. The van der Waals surface area contributed by atoms with E-state index in [9.17, 15) is 32.7 Å². The van der Waals surface area contributed by atoms with E-state index in [1.807, 2.05) is 25.9 Å². The van der Waals surface area contributed by atoms with Crippen molar-refractivity contribution in [2.45, 2.75) is 129 Å². The SMILES string of the molecule is CC[C@H]1OC(=O)[C@H](C)C(=O)[C@H](C)[C@@H](O[C@@H]2O[C@H](C)C[C@H](N(C)C)[C@H]2OC(=O)c2ccccc2)C[C@@](C)(OC)[C@@H](C)C(=O)[C@H](C)[C@@H](OS(C)(=O)=O)[C@]1(C)O. The van der Waals surface area contributed by atoms with Gasteiger partial charge in [-0.2, -0.15) is 8.42 Å². The summed E-state index contributed by atoms with van der Waals surface area (Å²) in [5, 5.41) is 11.8. The maximum Gasteiger partial charge on any atom is 0.338 e. The highest BCUT2D eigenvalue weighted by Gasteiger charge is 2.53. The number of esters is 2. The third kappa shape index (κ3) is 10.5. The van der Waals surface area contributed by atoms with Crippen LogP contribution in [0.15, 0.2) is 30.3 Å². The molecule has 1 aromatic carbocycles. The average Bonchev–Trinajstić information content (AvgIpc) is 3.10. The number of ketones is 2. The van der Waals surface area contributed by atoms with E-state index in [0.29, 0.717) is 12.0 Å². The lowest BCUT2D eigenvalue weighted by molar-refractivity contribution is -0.277. The van der Waals surface area contributed by atoms with Crippen LogP contribution in [0.4, 0.5) is 0 Å². The summed E-state index contributed by atoms with van der Waals surface area (Å²) in [7, 11) is 0.865. The highest BCUT2D eigenvalue weighted by atomic mass is 32.2. The van der Waals surface area contributed by atoms with Crippen molar-refractivity contribution in [2.75, 3.05) is 27.5 Å². The summed E-state index contributed by atoms with van der Waals surface area (Å²) in [5.74, 6) is -7.23. The molecule has 1 N–H and O–H groups in total. The molecule has 2 fully saturated rings. The number of likely N-dealkylation sites (N-methyl/N-ethyl adjacent to an activating group) is 1. The van der Waals surface area contributed by atoms with E-state index in [-0.39, 0.29) is 25.0 Å². The van der Waals surface area contributed by atoms with Gasteiger partial charge in [-0.15, -0.1) is 0 Å². The van der Waals surface area contributed by atoms with Gasteiger partial charge in [0.05, 0.1) is 35.7 Å². The predicted molar refractivity (Wildman–Crippen MR) is 194 cm³/mol. The molecular formula is C38H59NO13S. The van der Waals surface area contributed by atoms with Crippen molar-refractivity contribution in [3.8, 4) is 0 Å². The summed E-state index contributed by atoms with van der Waals surface area (Å²) < 4.78 is 61.1. The highest BCUT2D eigenvalue weighted by Crippen LogP contribution is 2.39. The molecule has 1 aromatic rings. The van der Waals surface area contributed by atoms with Crippen LogP contribution in [0.25, 0.3) is 0 Å². The minimum Gasteiger partial charge on any atom is -0.459 e. The van der Waals surface area contributed by atoms with Gasteiger partial charge in [-0.05, 0) is 66.8 Å². The van der Waals surface area contributed by atoms with Gasteiger partial charge in [0.1, 0.15) is 29.5 Å². The smallest absolute Gasteiger partial charge is 0.338 e. The Morgan fingerprint density at radius 1 is 1.00 bits per heavy atom. The van der Waals surface area contributed by atoms with Gasteiger partial charge in [0.25, 0.3) is 10.1 Å². The zero-order valence-electron chi connectivity index (χ0n) is 33.1. The molecular weight excluding hydrogens is 710 g/mol. The molecule has 0 aliphatic carbocycles. The number of rotatable bonds is 9. The summed E-state index contributed by atoms with van der Waals surface area (Å²) in [6.45, 7) is 12.4. The number of hydrogen-bond acceptors (Lipinski definition) is 14. The van der Waals surface area contributed by atoms with Crippen LogP contribution in [-0.2, 0) is 52.4 Å². The van der Waals surface area contributed by atoms with Crippen LogP contribution in [0.3, 0.4) is 0 Å². The van der Waals surface area contributed by atoms with Gasteiger partial charge in [-0.25, -0.2) is 4.79 Å². The molecule has 2 aliphatic heterocycles. The van der Waals surface area contributed by atoms with Crippen LogP contribution in [0.5, 0.6) is 0 Å².